The van der Waals surface area contributed by atoms with Crippen LogP contribution in [0.25, 0.3) is 5.57 Å². The lowest BCUT2D eigenvalue weighted by Gasteiger charge is -2.17. The number of anilines is 4. The number of rotatable bonds is 7. The van der Waals surface area contributed by atoms with Crippen LogP contribution in [0, 0.1) is 0 Å². The van der Waals surface area contributed by atoms with Crippen molar-refractivity contribution in [2.24, 2.45) is 0 Å². The van der Waals surface area contributed by atoms with Gasteiger partial charge in [-0.2, -0.15) is 13.9 Å². The summed E-state index contributed by atoms with van der Waals surface area (Å²) < 4.78 is 34.2. The number of nitrogens with one attached hydrogen (secondary N) is 4. The van der Waals surface area contributed by atoms with Gasteiger partial charge >= 0.3 is 6.03 Å². The molecule has 0 bridgehead atoms. The Morgan fingerprint density at radius 1 is 1.23 bits per heavy atom. The molecule has 10 heteroatoms. The smallest absolute Gasteiger partial charge is 0.323 e. The van der Waals surface area contributed by atoms with Gasteiger partial charge < -0.3 is 26.4 Å². The number of urea groups is 1. The molecule has 35 heavy (non-hydrogen) atoms. The van der Waals surface area contributed by atoms with Gasteiger partial charge in [0.05, 0.1) is 17.9 Å². The van der Waals surface area contributed by atoms with Gasteiger partial charge in [-0.15, -0.1) is 0 Å². The summed E-state index contributed by atoms with van der Waals surface area (Å²) in [6.07, 6.45) is 4.09. The van der Waals surface area contributed by atoms with Gasteiger partial charge in [-0.05, 0) is 61.4 Å². The summed E-state index contributed by atoms with van der Waals surface area (Å²) in [4.78, 5) is 12.7. The number of fused-ring (bicyclic) bond motifs is 1. The fourth-order valence-electron chi connectivity index (χ4n) is 3.81. The number of amides is 2. The van der Waals surface area contributed by atoms with Crippen LogP contribution < -0.4 is 26.4 Å². The van der Waals surface area contributed by atoms with Crippen molar-refractivity contribution in [1.29, 1.82) is 0 Å². The molecule has 8 nitrogen and oxygen atoms in total. The van der Waals surface area contributed by atoms with E-state index < -0.39 is 12.0 Å². The number of benzene rings is 2. The zero-order valence-electron chi connectivity index (χ0n) is 19.3. The predicted octanol–water partition coefficient (Wildman–Crippen LogP) is 5.56. The Hall–Kier alpha value is -4.34. The van der Waals surface area contributed by atoms with Crippen molar-refractivity contribution in [1.82, 2.24) is 10.2 Å². The fraction of sp³-hybridized carbons (Fsp3) is 0.200. The predicted molar refractivity (Wildman–Crippen MR) is 134 cm³/mol. The first-order chi connectivity index (χ1) is 16.8. The first-order valence-corrected chi connectivity index (χ1v) is 11.1. The standard InChI is InChI=1S/C25H26F2N6O2/c1-3-12-25(26,27)16-7-10-20(35-4-2)19(14-16)31-24(34)30-17-8-5-15(6-9-17)18-11-13-29-23-21(18)22(28)32-33-23/h3,5-12,14H,4,13H2,1-2H3,(H2,30,31,34)(H4,28,29,32,33)/b12-3+. The molecule has 0 fully saturated rings. The largest absolute Gasteiger partial charge is 0.492 e. The highest BCUT2D eigenvalue weighted by Crippen LogP contribution is 2.36. The average Bonchev–Trinajstić information content (AvgIpc) is 3.22. The number of allylic oxidation sites excluding steroid dienone is 2. The van der Waals surface area contributed by atoms with Crippen LogP contribution in [-0.2, 0) is 5.92 Å². The first-order valence-electron chi connectivity index (χ1n) is 11.1. The van der Waals surface area contributed by atoms with E-state index in [-0.39, 0.29) is 11.3 Å². The molecule has 0 saturated carbocycles. The minimum Gasteiger partial charge on any atom is -0.492 e. The number of nitrogen functional groups attached to an aromatic ring is 1. The van der Waals surface area contributed by atoms with E-state index in [0.717, 1.165) is 22.8 Å². The molecule has 0 atom stereocenters. The highest BCUT2D eigenvalue weighted by Gasteiger charge is 2.29. The van der Waals surface area contributed by atoms with E-state index in [9.17, 15) is 13.6 Å². The van der Waals surface area contributed by atoms with Crippen LogP contribution in [0.15, 0.2) is 60.7 Å². The van der Waals surface area contributed by atoms with Crippen LogP contribution in [0.5, 0.6) is 5.75 Å². The van der Waals surface area contributed by atoms with Gasteiger partial charge in [0, 0.05) is 17.8 Å². The van der Waals surface area contributed by atoms with Crippen LogP contribution in [0.2, 0.25) is 0 Å². The fourth-order valence-corrected chi connectivity index (χ4v) is 3.81. The molecule has 182 valence electrons. The number of alkyl halides is 2. The molecule has 0 unspecified atom stereocenters. The molecule has 1 aliphatic heterocycles. The summed E-state index contributed by atoms with van der Waals surface area (Å²) >= 11 is 0. The second-order valence-corrected chi connectivity index (χ2v) is 7.78. The molecule has 0 aliphatic carbocycles. The molecule has 1 aromatic heterocycles. The SMILES string of the molecule is C/C=C/C(F)(F)c1ccc(OCC)c(NC(=O)Nc2ccc(C3=CCNc4n[nH]c(N)c43)cc2)c1. The van der Waals surface area contributed by atoms with Gasteiger partial charge in [-0.1, -0.05) is 24.3 Å². The topological polar surface area (TPSA) is 117 Å². The molecular formula is C25H26F2N6O2. The molecule has 1 aliphatic rings. The first kappa shape index (κ1) is 23.8. The number of aromatic amines is 1. The van der Waals surface area contributed by atoms with Gasteiger partial charge in [0.1, 0.15) is 11.6 Å². The molecule has 0 saturated heterocycles. The van der Waals surface area contributed by atoms with Crippen molar-refractivity contribution >= 4 is 34.6 Å². The zero-order chi connectivity index (χ0) is 25.0. The van der Waals surface area contributed by atoms with Crippen molar-refractivity contribution in [3.8, 4) is 5.75 Å². The van der Waals surface area contributed by atoms with Gasteiger partial charge in [-0.25, -0.2) is 4.79 Å². The quantitative estimate of drug-likeness (QED) is 0.284. The number of nitrogens with two attached hydrogens (primary N) is 1. The molecule has 2 heterocycles. The second-order valence-electron chi connectivity index (χ2n) is 7.78. The maximum atomic E-state index is 14.3. The van der Waals surface area contributed by atoms with Crippen molar-refractivity contribution < 1.29 is 18.3 Å². The number of hydrogen-bond acceptors (Lipinski definition) is 5. The minimum atomic E-state index is -3.18. The highest BCUT2D eigenvalue weighted by molar-refractivity contribution is 6.01. The highest BCUT2D eigenvalue weighted by atomic mass is 19.3. The zero-order valence-corrected chi connectivity index (χ0v) is 19.3. The summed E-state index contributed by atoms with van der Waals surface area (Å²) in [6, 6.07) is 10.5. The van der Waals surface area contributed by atoms with Crippen LogP contribution in [-0.4, -0.2) is 29.4 Å². The van der Waals surface area contributed by atoms with Crippen LogP contribution >= 0.6 is 0 Å². The molecule has 0 radical (unpaired) electrons. The third kappa shape index (κ3) is 5.11. The Morgan fingerprint density at radius 3 is 2.71 bits per heavy atom. The lowest BCUT2D eigenvalue weighted by atomic mass is 9.96. The molecule has 3 aromatic rings. The number of ether oxygens (including phenoxy) is 1. The van der Waals surface area contributed by atoms with Crippen molar-refractivity contribution in [3.63, 3.8) is 0 Å². The molecular weight excluding hydrogens is 454 g/mol. The van der Waals surface area contributed by atoms with Gasteiger partial charge in [0.25, 0.3) is 5.92 Å². The summed E-state index contributed by atoms with van der Waals surface area (Å²) in [5.74, 6) is -1.73. The maximum absolute atomic E-state index is 14.3. The van der Waals surface area contributed by atoms with Crippen molar-refractivity contribution in [3.05, 3.63) is 77.4 Å². The molecule has 0 spiro atoms. The number of carbonyl (C=O) groups is 1. The number of halogens is 2. The van der Waals surface area contributed by atoms with Crippen LogP contribution in [0.1, 0.15) is 30.5 Å². The summed E-state index contributed by atoms with van der Waals surface area (Å²) in [6.45, 7) is 4.22. The van der Waals surface area contributed by atoms with Gasteiger partial charge in [-0.3, -0.25) is 5.10 Å². The van der Waals surface area contributed by atoms with E-state index in [1.807, 2.05) is 18.2 Å². The summed E-state index contributed by atoms with van der Waals surface area (Å²) in [7, 11) is 0. The monoisotopic (exact) mass is 480 g/mol. The lowest BCUT2D eigenvalue weighted by Crippen LogP contribution is -2.20. The molecule has 4 rings (SSSR count). The molecule has 2 aromatic carbocycles. The summed E-state index contributed by atoms with van der Waals surface area (Å²) in [5.41, 5.74) is 9.07. The number of H-pyrrole nitrogens is 1. The van der Waals surface area contributed by atoms with E-state index in [0.29, 0.717) is 36.2 Å². The van der Waals surface area contributed by atoms with Crippen molar-refractivity contribution in [2.45, 2.75) is 19.8 Å². The maximum Gasteiger partial charge on any atom is 0.323 e. The molecule has 2 amide bonds. The average molecular weight is 481 g/mol. The van der Waals surface area contributed by atoms with E-state index >= 15 is 0 Å². The third-order valence-electron chi connectivity index (χ3n) is 5.38. The Kier molecular flexibility index (Phi) is 6.72. The number of carbonyl (C=O) groups excluding carboxylic acids is 1. The molecule has 6 N–H and O–H groups in total. The van der Waals surface area contributed by atoms with E-state index in [2.05, 4.69) is 26.1 Å². The Bertz CT molecular complexity index is 1280. The number of nitrogens with zero attached hydrogens (tertiary/aromatic N) is 1. The number of aromatic nitrogens is 2. The minimum absolute atomic E-state index is 0.144. The van der Waals surface area contributed by atoms with Crippen molar-refractivity contribution in [2.75, 3.05) is 34.8 Å². The Morgan fingerprint density at radius 2 is 2.00 bits per heavy atom. The van der Waals surface area contributed by atoms with Crippen LogP contribution in [0.4, 0.5) is 36.6 Å². The third-order valence-corrected chi connectivity index (χ3v) is 5.38. The van der Waals surface area contributed by atoms with E-state index in [4.69, 9.17) is 10.5 Å². The Labute approximate surface area is 201 Å². The Balaban J connectivity index is 1.50. The summed E-state index contributed by atoms with van der Waals surface area (Å²) in [5, 5.41) is 15.4. The second kappa shape index (κ2) is 9.88. The van der Waals surface area contributed by atoms with Gasteiger partial charge in [0.15, 0.2) is 5.82 Å². The normalized spacial score (nSPS) is 13.1. The number of hydrogen-bond donors (Lipinski definition) is 5. The van der Waals surface area contributed by atoms with E-state index in [1.165, 1.54) is 31.2 Å². The lowest BCUT2D eigenvalue weighted by molar-refractivity contribution is 0.0520. The van der Waals surface area contributed by atoms with Gasteiger partial charge in [0.2, 0.25) is 0 Å². The van der Waals surface area contributed by atoms with Crippen LogP contribution in [0.3, 0.4) is 0 Å². The van der Waals surface area contributed by atoms with E-state index in [1.54, 1.807) is 19.1 Å².